The summed E-state index contributed by atoms with van der Waals surface area (Å²) in [5.41, 5.74) is 5.32. The smallest absolute Gasteiger partial charge is 0.115 e. The minimum Gasteiger partial charge on any atom is -0.508 e. The topological polar surface area (TPSA) is 62.8 Å². The molecule has 1 aromatic heterocycles. The SMILES string of the molecule is CCn1cc(/C=N\N=C2\CC[C@@H]3[C@@H]4CCc5cc(O)ccc5[C@H]4CC[C@]23C)cn1. The molecule has 5 heteroatoms. The van der Waals surface area contributed by atoms with E-state index in [4.69, 9.17) is 5.10 Å². The molecule has 3 aliphatic rings. The van der Waals surface area contributed by atoms with Crippen LogP contribution >= 0.6 is 0 Å². The lowest BCUT2D eigenvalue weighted by molar-refractivity contribution is 0.0955. The molecule has 2 saturated carbocycles. The zero-order chi connectivity index (χ0) is 20.0. The molecule has 0 unspecified atom stereocenters. The van der Waals surface area contributed by atoms with Gasteiger partial charge in [-0.2, -0.15) is 15.3 Å². The zero-order valence-electron chi connectivity index (χ0n) is 17.4. The number of rotatable bonds is 3. The van der Waals surface area contributed by atoms with Crippen molar-refractivity contribution in [2.75, 3.05) is 0 Å². The number of hydrogen-bond donors (Lipinski definition) is 1. The Bertz CT molecular complexity index is 975. The molecule has 2 fully saturated rings. The molecule has 0 spiro atoms. The van der Waals surface area contributed by atoms with E-state index < -0.39 is 0 Å². The highest BCUT2D eigenvalue weighted by Gasteiger charge is 2.53. The van der Waals surface area contributed by atoms with Crippen LogP contribution < -0.4 is 0 Å². The Labute approximate surface area is 172 Å². The monoisotopic (exact) mass is 390 g/mol. The van der Waals surface area contributed by atoms with Gasteiger partial charge in [-0.25, -0.2) is 0 Å². The summed E-state index contributed by atoms with van der Waals surface area (Å²) >= 11 is 0. The molecule has 0 radical (unpaired) electrons. The van der Waals surface area contributed by atoms with Crippen molar-refractivity contribution in [1.29, 1.82) is 0 Å². The number of aromatic hydroxyl groups is 1. The lowest BCUT2D eigenvalue weighted by Gasteiger charge is -2.49. The maximum atomic E-state index is 9.86. The van der Waals surface area contributed by atoms with Crippen LogP contribution in [0.25, 0.3) is 0 Å². The van der Waals surface area contributed by atoms with Crippen molar-refractivity contribution in [2.45, 2.75) is 64.8 Å². The maximum Gasteiger partial charge on any atom is 0.115 e. The van der Waals surface area contributed by atoms with Crippen LogP contribution in [0.2, 0.25) is 0 Å². The van der Waals surface area contributed by atoms with Crippen LogP contribution in [0.3, 0.4) is 0 Å². The lowest BCUT2D eigenvalue weighted by atomic mass is 9.55. The van der Waals surface area contributed by atoms with Crippen LogP contribution in [-0.4, -0.2) is 26.8 Å². The number of aromatic nitrogens is 2. The van der Waals surface area contributed by atoms with Crippen LogP contribution in [0.4, 0.5) is 0 Å². The van der Waals surface area contributed by atoms with Gasteiger partial charge < -0.3 is 5.11 Å². The lowest BCUT2D eigenvalue weighted by Crippen LogP contribution is -2.42. The fourth-order valence-corrected chi connectivity index (χ4v) is 6.31. The Hall–Kier alpha value is -2.43. The number of phenols is 1. The van der Waals surface area contributed by atoms with Crippen LogP contribution in [0.5, 0.6) is 5.75 Å². The van der Waals surface area contributed by atoms with Gasteiger partial charge in [0.05, 0.1) is 12.4 Å². The number of aryl methyl sites for hydroxylation is 2. The molecule has 4 atom stereocenters. The molecule has 0 saturated heterocycles. The summed E-state index contributed by atoms with van der Waals surface area (Å²) in [6.07, 6.45) is 12.7. The predicted octanol–water partition coefficient (Wildman–Crippen LogP) is 4.94. The molecule has 2 aromatic rings. The molecule has 1 N–H and O–H groups in total. The summed E-state index contributed by atoms with van der Waals surface area (Å²) in [4.78, 5) is 0. The summed E-state index contributed by atoms with van der Waals surface area (Å²) in [5.74, 6) is 2.46. The third-order valence-corrected chi connectivity index (χ3v) is 7.81. The van der Waals surface area contributed by atoms with E-state index in [-0.39, 0.29) is 5.41 Å². The fourth-order valence-electron chi connectivity index (χ4n) is 6.31. The normalized spacial score (nSPS) is 32.3. The molecule has 1 aromatic carbocycles. The average molecular weight is 391 g/mol. The third kappa shape index (κ3) is 3.11. The highest BCUT2D eigenvalue weighted by molar-refractivity contribution is 5.93. The Morgan fingerprint density at radius 1 is 1.28 bits per heavy atom. The summed E-state index contributed by atoms with van der Waals surface area (Å²) in [5, 5.41) is 23.3. The van der Waals surface area contributed by atoms with Gasteiger partial charge in [0.15, 0.2) is 0 Å². The summed E-state index contributed by atoms with van der Waals surface area (Å²) in [6.45, 7) is 5.38. The first-order valence-electron chi connectivity index (χ1n) is 11.0. The third-order valence-electron chi connectivity index (χ3n) is 7.81. The molecular formula is C24H30N4O. The van der Waals surface area contributed by atoms with Gasteiger partial charge in [0.25, 0.3) is 0 Å². The van der Waals surface area contributed by atoms with Crippen LogP contribution in [0, 0.1) is 17.3 Å². The minimum atomic E-state index is 0.181. The molecule has 3 aliphatic carbocycles. The Morgan fingerprint density at radius 2 is 2.17 bits per heavy atom. The fraction of sp³-hybridized carbons (Fsp3) is 0.542. The van der Waals surface area contributed by atoms with Crippen molar-refractivity contribution in [3.05, 3.63) is 47.3 Å². The van der Waals surface area contributed by atoms with Crippen molar-refractivity contribution in [2.24, 2.45) is 27.5 Å². The number of nitrogens with zero attached hydrogens (tertiary/aromatic N) is 4. The summed E-state index contributed by atoms with van der Waals surface area (Å²) < 4.78 is 1.91. The average Bonchev–Trinajstić information content (AvgIpc) is 3.32. The zero-order valence-corrected chi connectivity index (χ0v) is 17.4. The molecule has 0 amide bonds. The van der Waals surface area contributed by atoms with E-state index in [2.05, 4.69) is 30.1 Å². The molecule has 152 valence electrons. The standard InChI is InChI=1S/C24H30N4O/c1-3-28-15-16(14-26-28)13-25-27-23-9-8-22-21-6-4-17-12-18(29)5-7-19(17)20(21)10-11-24(22,23)2/h5,7,12-15,20-22,29H,3-4,6,8-11H2,1-2H3/b25-13-,27-23-/t20-,21-,22-,24+/m1/s1. The number of phenolic OH excluding ortho intramolecular Hbond substituents is 1. The van der Waals surface area contributed by atoms with Crippen molar-refractivity contribution in [3.8, 4) is 5.75 Å². The Balaban J connectivity index is 1.37. The second kappa shape index (κ2) is 7.12. The van der Waals surface area contributed by atoms with Crippen LogP contribution in [0.1, 0.15) is 68.6 Å². The van der Waals surface area contributed by atoms with Crippen LogP contribution in [0.15, 0.2) is 40.8 Å². The first-order valence-corrected chi connectivity index (χ1v) is 11.0. The second-order valence-corrected chi connectivity index (χ2v) is 9.21. The first-order chi connectivity index (χ1) is 14.1. The largest absolute Gasteiger partial charge is 0.508 e. The summed E-state index contributed by atoms with van der Waals surface area (Å²) in [7, 11) is 0. The van der Waals surface area contributed by atoms with Crippen molar-refractivity contribution in [1.82, 2.24) is 9.78 Å². The van der Waals surface area contributed by atoms with E-state index in [9.17, 15) is 5.11 Å². The van der Waals surface area contributed by atoms with Crippen LogP contribution in [-0.2, 0) is 13.0 Å². The van der Waals surface area contributed by atoms with E-state index in [1.165, 1.54) is 42.5 Å². The quantitative estimate of drug-likeness (QED) is 0.596. The van der Waals surface area contributed by atoms with Gasteiger partial charge >= 0.3 is 0 Å². The number of fused-ring (bicyclic) bond motifs is 5. The second-order valence-electron chi connectivity index (χ2n) is 9.21. The van der Waals surface area contributed by atoms with Gasteiger partial charge in [-0.05, 0) is 86.5 Å². The first kappa shape index (κ1) is 18.6. The molecule has 1 heterocycles. The van der Waals surface area contributed by atoms with E-state index in [0.29, 0.717) is 17.6 Å². The highest BCUT2D eigenvalue weighted by atomic mass is 16.3. The molecular weight excluding hydrogens is 360 g/mol. The molecule has 5 rings (SSSR count). The van der Waals surface area contributed by atoms with E-state index in [0.717, 1.165) is 30.9 Å². The maximum absolute atomic E-state index is 9.86. The van der Waals surface area contributed by atoms with E-state index in [1.807, 2.05) is 35.4 Å². The number of benzene rings is 1. The molecule has 0 aliphatic heterocycles. The molecule has 5 nitrogen and oxygen atoms in total. The van der Waals surface area contributed by atoms with Crippen molar-refractivity contribution < 1.29 is 5.11 Å². The van der Waals surface area contributed by atoms with Gasteiger partial charge in [-0.15, -0.1) is 0 Å². The Morgan fingerprint density at radius 3 is 3.00 bits per heavy atom. The van der Waals surface area contributed by atoms with Gasteiger partial charge in [-0.1, -0.05) is 13.0 Å². The van der Waals surface area contributed by atoms with Gasteiger partial charge in [0, 0.05) is 29.4 Å². The van der Waals surface area contributed by atoms with E-state index >= 15 is 0 Å². The van der Waals surface area contributed by atoms with Crippen molar-refractivity contribution in [3.63, 3.8) is 0 Å². The highest BCUT2D eigenvalue weighted by Crippen LogP contribution is 2.60. The molecule has 29 heavy (non-hydrogen) atoms. The Kier molecular flexibility index (Phi) is 4.56. The minimum absolute atomic E-state index is 0.181. The van der Waals surface area contributed by atoms with E-state index in [1.54, 1.807) is 0 Å². The van der Waals surface area contributed by atoms with Gasteiger partial charge in [0.2, 0.25) is 0 Å². The van der Waals surface area contributed by atoms with Gasteiger partial charge in [0.1, 0.15) is 5.75 Å². The van der Waals surface area contributed by atoms with Crippen molar-refractivity contribution >= 4 is 11.9 Å². The molecule has 0 bridgehead atoms. The summed E-state index contributed by atoms with van der Waals surface area (Å²) in [6, 6.07) is 6.02. The predicted molar refractivity (Wildman–Crippen MR) is 116 cm³/mol. The van der Waals surface area contributed by atoms with Gasteiger partial charge in [-0.3, -0.25) is 4.68 Å². The number of hydrogen-bond acceptors (Lipinski definition) is 4.